The van der Waals surface area contributed by atoms with Gasteiger partial charge in [0.15, 0.2) is 0 Å². The quantitative estimate of drug-likeness (QED) is 0.427. The summed E-state index contributed by atoms with van der Waals surface area (Å²) in [6.07, 6.45) is 4.92. The molecule has 0 saturated heterocycles. The van der Waals surface area contributed by atoms with E-state index < -0.39 is 21.3 Å². The predicted molar refractivity (Wildman–Crippen MR) is 146 cm³/mol. The molecule has 5 rings (SSSR count). The van der Waals surface area contributed by atoms with Gasteiger partial charge in [0.05, 0.1) is 0 Å². The minimum absolute atomic E-state index is 0. The zero-order valence-corrected chi connectivity index (χ0v) is 26.8. The van der Waals surface area contributed by atoms with E-state index in [1.807, 2.05) is 0 Å². The first kappa shape index (κ1) is 29.3. The standard InChI is InChI=1S/C21H25.C9H7.C3H6.2ClH.Zr/c1-20(2,3)16-9-7-14-11-15-8-10-17(21(4,5)6)13-19(15)18(14)12-16;1-2-5-9-7-3-6-8(9)4-1;1-3-2;;;/h7-13H,1-6H3;1-7H;1-2H3;2*1H;/q;;;;;+2/p-2. The Morgan fingerprint density at radius 3 is 1.64 bits per heavy atom. The zero-order chi connectivity index (χ0) is 24.4. The summed E-state index contributed by atoms with van der Waals surface area (Å²) in [6.45, 7) is 18.8. The number of hydrogen-bond donors (Lipinski definition) is 0. The number of halogens is 2. The SMILES string of the molecule is C[C](C)=[Zr+2]([CH]1C=Cc2ccccc21)[CH]1c2ccc(C(C)(C)C)cc2-c2cc(C(C)(C)C)ccc21.[Cl-].[Cl-]. The summed E-state index contributed by atoms with van der Waals surface area (Å²) in [7, 11) is 0. The Kier molecular flexibility index (Phi) is 8.53. The molecule has 2 aliphatic carbocycles. The van der Waals surface area contributed by atoms with E-state index in [1.165, 1.54) is 27.8 Å². The second-order valence-electron chi connectivity index (χ2n) is 12.5. The predicted octanol–water partition coefficient (Wildman–Crippen LogP) is 2.96. The summed E-state index contributed by atoms with van der Waals surface area (Å²) in [5.41, 5.74) is 12.3. The summed E-state index contributed by atoms with van der Waals surface area (Å²) in [5.74, 6) is 0. The van der Waals surface area contributed by atoms with Gasteiger partial charge in [0.1, 0.15) is 0 Å². The third-order valence-electron chi connectivity index (χ3n) is 7.77. The van der Waals surface area contributed by atoms with Crippen molar-refractivity contribution in [1.29, 1.82) is 0 Å². The van der Waals surface area contributed by atoms with E-state index in [1.54, 1.807) is 19.9 Å². The van der Waals surface area contributed by atoms with E-state index in [0.29, 0.717) is 7.25 Å². The van der Waals surface area contributed by atoms with Crippen molar-refractivity contribution in [3.8, 4) is 11.1 Å². The van der Waals surface area contributed by atoms with Gasteiger partial charge >= 0.3 is 215 Å². The maximum absolute atomic E-state index is 2.54. The van der Waals surface area contributed by atoms with Crippen LogP contribution in [0.5, 0.6) is 0 Å². The van der Waals surface area contributed by atoms with Crippen molar-refractivity contribution in [3.63, 3.8) is 0 Å². The topological polar surface area (TPSA) is 0 Å². The molecule has 188 valence electrons. The summed E-state index contributed by atoms with van der Waals surface area (Å²) < 4.78 is 2.88. The Hall–Kier alpha value is -1.27. The Balaban J connectivity index is 0.00000180. The average Bonchev–Trinajstić information content (AvgIpc) is 3.32. The zero-order valence-electron chi connectivity index (χ0n) is 22.8. The Bertz CT molecular complexity index is 1280. The van der Waals surface area contributed by atoms with Crippen molar-refractivity contribution < 1.29 is 46.1 Å². The molecule has 0 saturated carbocycles. The normalized spacial score (nSPS) is 15.7. The van der Waals surface area contributed by atoms with Crippen LogP contribution in [0.25, 0.3) is 17.2 Å². The van der Waals surface area contributed by atoms with Crippen LogP contribution in [-0.4, -0.2) is 3.21 Å². The fraction of sp³-hybridized carbons (Fsp3) is 0.364. The van der Waals surface area contributed by atoms with E-state index in [0.717, 1.165) is 0 Å². The first-order chi connectivity index (χ1) is 16.0. The van der Waals surface area contributed by atoms with E-state index in [-0.39, 0.29) is 35.6 Å². The molecule has 1 atom stereocenters. The molecule has 2 aliphatic rings. The summed E-state index contributed by atoms with van der Waals surface area (Å²) in [6, 6.07) is 23.9. The van der Waals surface area contributed by atoms with E-state index in [9.17, 15) is 0 Å². The van der Waals surface area contributed by atoms with Gasteiger partial charge in [0.25, 0.3) is 0 Å². The van der Waals surface area contributed by atoms with Gasteiger partial charge in [-0.15, -0.1) is 0 Å². The van der Waals surface area contributed by atoms with Crippen LogP contribution < -0.4 is 24.8 Å². The van der Waals surface area contributed by atoms with Crippen molar-refractivity contribution in [2.75, 3.05) is 0 Å². The van der Waals surface area contributed by atoms with Crippen LogP contribution in [-0.2, 0) is 32.1 Å². The molecule has 0 spiro atoms. The molecule has 0 nitrogen and oxygen atoms in total. The van der Waals surface area contributed by atoms with Gasteiger partial charge in [-0.3, -0.25) is 0 Å². The molecular formula is C33H38Cl2Zr. The second-order valence-corrected chi connectivity index (χ2v) is 20.1. The molecule has 36 heavy (non-hydrogen) atoms. The monoisotopic (exact) mass is 594 g/mol. The minimum atomic E-state index is -2.17. The van der Waals surface area contributed by atoms with Crippen LogP contribution in [0.4, 0.5) is 0 Å². The van der Waals surface area contributed by atoms with E-state index in [4.69, 9.17) is 0 Å². The maximum atomic E-state index is 2.54. The third kappa shape index (κ3) is 5.06. The van der Waals surface area contributed by atoms with Crippen molar-refractivity contribution in [3.05, 3.63) is 100 Å². The number of hydrogen-bond acceptors (Lipinski definition) is 0. The van der Waals surface area contributed by atoms with Crippen LogP contribution in [0.1, 0.15) is 96.0 Å². The smallest absolute Gasteiger partial charge is 1.00 e. The van der Waals surface area contributed by atoms with Gasteiger partial charge < -0.3 is 24.8 Å². The van der Waals surface area contributed by atoms with Crippen LogP contribution in [0.2, 0.25) is 0 Å². The summed E-state index contributed by atoms with van der Waals surface area (Å²) in [5, 5.41) is 0. The molecule has 0 N–H and O–H groups in total. The molecule has 0 radical (unpaired) electrons. The van der Waals surface area contributed by atoms with Crippen LogP contribution in [0.3, 0.4) is 0 Å². The van der Waals surface area contributed by atoms with Gasteiger partial charge in [-0.1, -0.05) is 0 Å². The molecule has 3 aromatic rings. The molecule has 0 fully saturated rings. The molecule has 0 aliphatic heterocycles. The van der Waals surface area contributed by atoms with Gasteiger partial charge in [0.2, 0.25) is 0 Å². The van der Waals surface area contributed by atoms with Crippen LogP contribution >= 0.6 is 0 Å². The summed E-state index contributed by atoms with van der Waals surface area (Å²) in [4.78, 5) is 0. The Morgan fingerprint density at radius 2 is 1.17 bits per heavy atom. The fourth-order valence-electron chi connectivity index (χ4n) is 5.82. The molecule has 0 heterocycles. The van der Waals surface area contributed by atoms with Gasteiger partial charge in [0, 0.05) is 0 Å². The van der Waals surface area contributed by atoms with E-state index in [2.05, 4.69) is 128 Å². The Labute approximate surface area is 238 Å². The van der Waals surface area contributed by atoms with Gasteiger partial charge in [-0.25, -0.2) is 0 Å². The van der Waals surface area contributed by atoms with Crippen molar-refractivity contribution in [1.82, 2.24) is 0 Å². The molecule has 0 bridgehead atoms. The van der Waals surface area contributed by atoms with Crippen molar-refractivity contribution in [2.24, 2.45) is 0 Å². The minimum Gasteiger partial charge on any atom is -1.00 e. The number of rotatable bonds is 2. The summed E-state index contributed by atoms with van der Waals surface area (Å²) >= 11 is -2.17. The molecular weight excluding hydrogens is 558 g/mol. The first-order valence-corrected chi connectivity index (χ1v) is 16.8. The second kappa shape index (κ2) is 10.5. The average molecular weight is 597 g/mol. The number of fused-ring (bicyclic) bond motifs is 4. The van der Waals surface area contributed by atoms with E-state index >= 15 is 0 Å². The molecule has 1 unspecified atom stereocenters. The van der Waals surface area contributed by atoms with Crippen LogP contribution in [0.15, 0.2) is 66.7 Å². The Morgan fingerprint density at radius 1 is 0.667 bits per heavy atom. The third-order valence-corrected chi connectivity index (χ3v) is 16.6. The first-order valence-electron chi connectivity index (χ1n) is 12.7. The largest absolute Gasteiger partial charge is 1.00 e. The van der Waals surface area contributed by atoms with Gasteiger partial charge in [-0.2, -0.15) is 0 Å². The van der Waals surface area contributed by atoms with Crippen LogP contribution in [0, 0.1) is 0 Å². The van der Waals surface area contributed by atoms with Gasteiger partial charge in [-0.05, 0) is 0 Å². The maximum Gasteiger partial charge on any atom is -1.00 e. The fourth-order valence-corrected chi connectivity index (χ4v) is 14.7. The number of benzene rings is 3. The number of allylic oxidation sites excluding steroid dienone is 1. The molecule has 0 amide bonds. The molecule has 3 heteroatoms. The van der Waals surface area contributed by atoms with Crippen molar-refractivity contribution >= 4 is 9.28 Å². The molecule has 0 aromatic heterocycles. The van der Waals surface area contributed by atoms with Crippen molar-refractivity contribution in [2.45, 2.75) is 73.5 Å². The molecule has 3 aromatic carbocycles.